The van der Waals surface area contributed by atoms with Gasteiger partial charge in [-0.2, -0.15) is 0 Å². The Bertz CT molecular complexity index is 2520. The zero-order valence-electron chi connectivity index (χ0n) is 35.2. The Morgan fingerprint density at radius 3 is 2.42 bits per heavy atom. The fraction of sp³-hybridized carbons (Fsp3) is 0.458. The number of hydrogen-bond donors (Lipinski definition) is 2. The number of aryl methyl sites for hydroxylation is 1. The molecule has 3 saturated heterocycles. The highest BCUT2D eigenvalue weighted by Gasteiger charge is 2.34. The van der Waals surface area contributed by atoms with Crippen LogP contribution in [0.4, 0.5) is 10.3 Å². The van der Waals surface area contributed by atoms with Crippen molar-refractivity contribution in [3.63, 3.8) is 0 Å². The number of rotatable bonds is 10. The van der Waals surface area contributed by atoms with Crippen LogP contribution < -0.4 is 16.3 Å². The van der Waals surface area contributed by atoms with E-state index in [1.54, 1.807) is 34.5 Å². The van der Waals surface area contributed by atoms with Gasteiger partial charge in [-0.25, -0.2) is 19.2 Å². The number of nitrogens with zero attached hydrogens (tertiary/aromatic N) is 6. The molecule has 0 spiro atoms. The summed E-state index contributed by atoms with van der Waals surface area (Å²) in [5.74, 6) is 0.782. The number of carbonyl (C=O) groups is 3. The third-order valence-electron chi connectivity index (χ3n) is 13.9. The Hall–Kier alpha value is -5.40. The van der Waals surface area contributed by atoms with E-state index >= 15 is 0 Å². The van der Waals surface area contributed by atoms with Crippen LogP contribution in [0, 0.1) is 17.7 Å². The number of nitrogens with one attached hydrogen (secondary N) is 2. The first-order valence-electron chi connectivity index (χ1n) is 22.3. The molecule has 3 aliphatic heterocycles. The summed E-state index contributed by atoms with van der Waals surface area (Å²) in [7, 11) is 1.75. The van der Waals surface area contributed by atoms with Crippen LogP contribution in [0.1, 0.15) is 88.2 Å². The summed E-state index contributed by atoms with van der Waals surface area (Å²) in [4.78, 5) is 65.4. The van der Waals surface area contributed by atoms with E-state index in [-0.39, 0.29) is 41.7 Å². The number of benzene rings is 3. The van der Waals surface area contributed by atoms with Gasteiger partial charge in [0.25, 0.3) is 0 Å². The first-order chi connectivity index (χ1) is 30.1. The lowest BCUT2D eigenvalue weighted by Gasteiger charge is -2.38. The minimum atomic E-state index is -0.681. The first kappa shape index (κ1) is 41.9. The van der Waals surface area contributed by atoms with E-state index in [2.05, 4.69) is 37.6 Å². The second kappa shape index (κ2) is 18.1. The van der Waals surface area contributed by atoms with Crippen LogP contribution in [0.2, 0.25) is 5.02 Å². The molecule has 3 unspecified atom stereocenters. The molecule has 5 heterocycles. The average Bonchev–Trinajstić information content (AvgIpc) is 3.54. The Labute approximate surface area is 365 Å². The molecule has 4 fully saturated rings. The predicted octanol–water partition coefficient (Wildman–Crippen LogP) is 7.71. The zero-order chi connectivity index (χ0) is 42.9. The minimum Gasteiger partial charge on any atom is -0.351 e. The van der Waals surface area contributed by atoms with Crippen LogP contribution in [-0.2, 0) is 21.4 Å². The summed E-state index contributed by atoms with van der Waals surface area (Å²) in [6, 6.07) is 19.9. The van der Waals surface area contributed by atoms with Gasteiger partial charge >= 0.3 is 5.69 Å². The molecule has 0 radical (unpaired) electrons. The van der Waals surface area contributed by atoms with Crippen LogP contribution in [-0.4, -0.2) is 85.4 Å². The number of carbonyl (C=O) groups excluding carboxylic acids is 3. The SMILES string of the molecule is Cn1c(=O)n(C2CCC(=O)NC2=O)c2ccc(C3CCN(CCC4CCN(C(=O)C5CCCC(Nc6ncc(Cl)c(-c7cccc(-c8ccc(F)cc8)c7)n6)C5)CC4)CC3)cc21. The highest BCUT2D eigenvalue weighted by molar-refractivity contribution is 6.33. The van der Waals surface area contributed by atoms with E-state index < -0.39 is 11.9 Å². The average molecular weight is 861 g/mol. The monoisotopic (exact) mass is 860 g/mol. The quantitative estimate of drug-likeness (QED) is 0.137. The number of aromatic nitrogens is 4. The van der Waals surface area contributed by atoms with Crippen molar-refractivity contribution in [2.75, 3.05) is 38.0 Å². The molecule has 5 aromatic rings. The highest BCUT2D eigenvalue weighted by Crippen LogP contribution is 2.35. The molecule has 2 N–H and O–H groups in total. The number of amides is 3. The summed E-state index contributed by atoms with van der Waals surface area (Å²) in [6.45, 7) is 4.76. The second-order valence-corrected chi connectivity index (χ2v) is 18.2. The molecule has 14 heteroatoms. The number of imidazole rings is 1. The van der Waals surface area contributed by atoms with Crippen molar-refractivity contribution in [3.8, 4) is 22.4 Å². The summed E-state index contributed by atoms with van der Waals surface area (Å²) in [6.07, 6.45) is 11.1. The van der Waals surface area contributed by atoms with Gasteiger partial charge in [0.1, 0.15) is 11.9 Å². The smallest absolute Gasteiger partial charge is 0.329 e. The molecule has 324 valence electrons. The van der Waals surface area contributed by atoms with Gasteiger partial charge in [0.05, 0.1) is 27.9 Å². The molecule has 12 nitrogen and oxygen atoms in total. The molecule has 2 aromatic heterocycles. The predicted molar refractivity (Wildman–Crippen MR) is 238 cm³/mol. The normalized spacial score (nSPS) is 21.9. The maximum atomic E-state index is 13.8. The lowest BCUT2D eigenvalue weighted by molar-refractivity contribution is -0.138. The summed E-state index contributed by atoms with van der Waals surface area (Å²) < 4.78 is 16.7. The molecule has 3 amide bonds. The third-order valence-corrected chi connectivity index (χ3v) is 14.2. The van der Waals surface area contributed by atoms with Crippen LogP contribution >= 0.6 is 11.6 Å². The number of imide groups is 1. The van der Waals surface area contributed by atoms with Crippen molar-refractivity contribution in [3.05, 3.63) is 99.8 Å². The fourth-order valence-corrected chi connectivity index (χ4v) is 10.5. The van der Waals surface area contributed by atoms with Crippen molar-refractivity contribution in [1.82, 2.24) is 34.2 Å². The van der Waals surface area contributed by atoms with E-state index in [9.17, 15) is 23.6 Å². The highest BCUT2D eigenvalue weighted by atomic mass is 35.5. The molecular formula is C48H54ClFN8O4. The topological polar surface area (TPSA) is 134 Å². The van der Waals surface area contributed by atoms with Gasteiger partial charge in [-0.1, -0.05) is 54.4 Å². The van der Waals surface area contributed by atoms with E-state index in [0.717, 1.165) is 118 Å². The van der Waals surface area contributed by atoms with Crippen molar-refractivity contribution in [2.24, 2.45) is 18.9 Å². The van der Waals surface area contributed by atoms with Crippen LogP contribution in [0.15, 0.2) is 77.7 Å². The molecule has 3 atom stereocenters. The minimum absolute atomic E-state index is 0.0194. The van der Waals surface area contributed by atoms with E-state index in [0.29, 0.717) is 34.9 Å². The van der Waals surface area contributed by atoms with Gasteiger partial charge in [0.15, 0.2) is 0 Å². The molecule has 4 aliphatic rings. The van der Waals surface area contributed by atoms with Crippen LogP contribution in [0.3, 0.4) is 0 Å². The molecule has 62 heavy (non-hydrogen) atoms. The molecule has 9 rings (SSSR count). The zero-order valence-corrected chi connectivity index (χ0v) is 36.0. The van der Waals surface area contributed by atoms with Gasteiger partial charge in [0.2, 0.25) is 23.7 Å². The number of hydrogen-bond acceptors (Lipinski definition) is 8. The lowest BCUT2D eigenvalue weighted by Crippen LogP contribution is -2.44. The van der Waals surface area contributed by atoms with E-state index in [4.69, 9.17) is 16.6 Å². The maximum absolute atomic E-state index is 13.8. The van der Waals surface area contributed by atoms with E-state index in [1.165, 1.54) is 17.7 Å². The van der Waals surface area contributed by atoms with Crippen molar-refractivity contribution < 1.29 is 18.8 Å². The van der Waals surface area contributed by atoms with Gasteiger partial charge in [-0.3, -0.25) is 28.8 Å². The van der Waals surface area contributed by atoms with Crippen molar-refractivity contribution in [2.45, 2.75) is 88.6 Å². The molecule has 3 aromatic carbocycles. The lowest BCUT2D eigenvalue weighted by atomic mass is 9.84. The first-order valence-corrected chi connectivity index (χ1v) is 22.7. The van der Waals surface area contributed by atoms with Gasteiger partial charge in [-0.05, 0) is 136 Å². The summed E-state index contributed by atoms with van der Waals surface area (Å²) >= 11 is 6.61. The third kappa shape index (κ3) is 8.92. The Morgan fingerprint density at radius 2 is 1.65 bits per heavy atom. The fourth-order valence-electron chi connectivity index (χ4n) is 10.3. The van der Waals surface area contributed by atoms with Crippen LogP contribution in [0.5, 0.6) is 0 Å². The largest absolute Gasteiger partial charge is 0.351 e. The second-order valence-electron chi connectivity index (χ2n) is 17.8. The number of halogens is 2. The Balaban J connectivity index is 0.731. The molecular weight excluding hydrogens is 807 g/mol. The van der Waals surface area contributed by atoms with Crippen molar-refractivity contribution >= 4 is 46.3 Å². The van der Waals surface area contributed by atoms with Crippen molar-refractivity contribution in [1.29, 1.82) is 0 Å². The molecule has 1 aliphatic carbocycles. The standard InChI is InChI=1S/C48H54ClFN8O4/c1-55-42-28-34(10-13-40(42)58(48(55)62)41-14-15-43(59)53-45(41)60)32-19-22-56(23-20-32)21-16-30-17-24-57(25-18-30)46(61)36-6-3-7-38(27-36)52-47-51-29-39(49)44(54-47)35-5-2-4-33(26-35)31-8-11-37(50)12-9-31/h2,4-5,8-13,26,28-30,32,36,38,41H,3,6-7,14-25,27H2,1H3,(H,51,52,54)(H,53,59,60). The summed E-state index contributed by atoms with van der Waals surface area (Å²) in [5.41, 5.74) is 5.83. The number of fused-ring (bicyclic) bond motifs is 1. The van der Waals surface area contributed by atoms with Gasteiger partial charge < -0.3 is 15.1 Å². The number of piperidine rings is 3. The number of likely N-dealkylation sites (tertiary alicyclic amines) is 2. The van der Waals surface area contributed by atoms with E-state index in [1.807, 2.05) is 30.3 Å². The maximum Gasteiger partial charge on any atom is 0.329 e. The molecule has 1 saturated carbocycles. The van der Waals surface area contributed by atoms with Crippen LogP contribution in [0.25, 0.3) is 33.4 Å². The summed E-state index contributed by atoms with van der Waals surface area (Å²) in [5, 5.41) is 6.35. The van der Waals surface area contributed by atoms with Gasteiger partial charge in [0, 0.05) is 44.1 Å². The Kier molecular flexibility index (Phi) is 12.3. The Morgan fingerprint density at radius 1 is 0.871 bits per heavy atom. The molecule has 0 bridgehead atoms. The van der Waals surface area contributed by atoms with Gasteiger partial charge in [-0.15, -0.1) is 0 Å². The number of anilines is 1.